The maximum atomic E-state index is 13.0. The van der Waals surface area contributed by atoms with Crippen LogP contribution < -0.4 is 10.6 Å². The van der Waals surface area contributed by atoms with Crippen LogP contribution in [0.4, 0.5) is 4.39 Å². The molecule has 0 unspecified atom stereocenters. The van der Waals surface area contributed by atoms with Crippen molar-refractivity contribution in [3.8, 4) is 5.69 Å². The third-order valence-electron chi connectivity index (χ3n) is 3.96. The number of hydrogen-bond acceptors (Lipinski definition) is 2. The van der Waals surface area contributed by atoms with Gasteiger partial charge in [0.1, 0.15) is 5.82 Å². The molecule has 3 aromatic rings. The van der Waals surface area contributed by atoms with Crippen molar-refractivity contribution in [3.05, 3.63) is 72.6 Å². The van der Waals surface area contributed by atoms with Gasteiger partial charge in [0.05, 0.1) is 11.4 Å². The van der Waals surface area contributed by atoms with Crippen LogP contribution in [-0.4, -0.2) is 40.4 Å². The van der Waals surface area contributed by atoms with E-state index in [0.29, 0.717) is 0 Å². The Morgan fingerprint density at radius 1 is 1.04 bits per heavy atom. The van der Waals surface area contributed by atoms with Gasteiger partial charge in [0.25, 0.3) is 0 Å². The number of aromatic nitrogens is 3. The molecule has 1 aromatic carbocycles. The largest absolute Gasteiger partial charge is 0.356 e. The third-order valence-corrected chi connectivity index (χ3v) is 3.96. The van der Waals surface area contributed by atoms with E-state index in [0.717, 1.165) is 43.4 Å². The lowest BCUT2D eigenvalue weighted by molar-refractivity contribution is 0.627. The molecule has 0 aliphatic heterocycles. The summed E-state index contributed by atoms with van der Waals surface area (Å²) in [5.74, 6) is 0.524. The van der Waals surface area contributed by atoms with Gasteiger partial charge in [-0.25, -0.2) is 9.07 Å². The normalized spacial score (nSPS) is 11.5. The molecule has 3 rings (SSSR count). The zero-order valence-corrected chi connectivity index (χ0v) is 14.8. The molecule has 0 aliphatic carbocycles. The van der Waals surface area contributed by atoms with E-state index in [2.05, 4.69) is 25.3 Å². The first-order valence-electron chi connectivity index (χ1n) is 8.60. The van der Waals surface area contributed by atoms with Gasteiger partial charge < -0.3 is 15.2 Å². The minimum absolute atomic E-state index is 0.249. The first-order valence-corrected chi connectivity index (χ1v) is 8.60. The van der Waals surface area contributed by atoms with Crippen molar-refractivity contribution in [1.82, 2.24) is 25.0 Å². The molecule has 2 heterocycles. The van der Waals surface area contributed by atoms with Gasteiger partial charge in [-0.2, -0.15) is 5.10 Å². The zero-order valence-electron chi connectivity index (χ0n) is 14.8. The molecule has 6 nitrogen and oxygen atoms in total. The highest BCUT2D eigenvalue weighted by Crippen LogP contribution is 2.09. The highest BCUT2D eigenvalue weighted by molar-refractivity contribution is 5.79. The smallest absolute Gasteiger partial charge is 0.191 e. The van der Waals surface area contributed by atoms with Gasteiger partial charge in [-0.15, -0.1) is 0 Å². The lowest BCUT2D eigenvalue weighted by atomic mass is 10.3. The molecule has 0 saturated carbocycles. The van der Waals surface area contributed by atoms with Gasteiger partial charge in [-0.3, -0.25) is 4.99 Å². The van der Waals surface area contributed by atoms with Crippen LogP contribution in [0.15, 0.2) is 66.0 Å². The van der Waals surface area contributed by atoms with Crippen molar-refractivity contribution in [2.45, 2.75) is 13.0 Å². The summed E-state index contributed by atoms with van der Waals surface area (Å²) < 4.78 is 16.9. The van der Waals surface area contributed by atoms with E-state index < -0.39 is 0 Å². The second kappa shape index (κ2) is 8.84. The van der Waals surface area contributed by atoms with E-state index in [1.807, 2.05) is 36.8 Å². The summed E-state index contributed by atoms with van der Waals surface area (Å²) >= 11 is 0. The number of guanidine groups is 1. The fraction of sp³-hybridized carbons (Fsp3) is 0.263. The van der Waals surface area contributed by atoms with E-state index in [-0.39, 0.29) is 5.82 Å². The molecule has 0 saturated heterocycles. The van der Waals surface area contributed by atoms with Gasteiger partial charge in [-0.1, -0.05) is 0 Å². The Kier molecular flexibility index (Phi) is 6.03. The molecule has 0 bridgehead atoms. The van der Waals surface area contributed by atoms with Crippen LogP contribution in [-0.2, 0) is 13.0 Å². The molecule has 0 aliphatic rings. The van der Waals surface area contributed by atoms with E-state index in [1.165, 1.54) is 12.1 Å². The Bertz CT molecular complexity index is 820. The van der Waals surface area contributed by atoms with Crippen LogP contribution in [0.5, 0.6) is 0 Å². The fourth-order valence-corrected chi connectivity index (χ4v) is 2.58. The average molecular weight is 354 g/mol. The van der Waals surface area contributed by atoms with E-state index in [1.54, 1.807) is 23.9 Å². The van der Waals surface area contributed by atoms with Crippen molar-refractivity contribution in [3.63, 3.8) is 0 Å². The fourth-order valence-electron chi connectivity index (χ4n) is 2.58. The number of rotatable bonds is 7. The Balaban J connectivity index is 1.43. The topological polar surface area (TPSA) is 59.2 Å². The van der Waals surface area contributed by atoms with Crippen molar-refractivity contribution in [2.75, 3.05) is 20.1 Å². The quantitative estimate of drug-likeness (QED) is 0.505. The minimum Gasteiger partial charge on any atom is -0.356 e. The predicted molar refractivity (Wildman–Crippen MR) is 101 cm³/mol. The summed E-state index contributed by atoms with van der Waals surface area (Å²) in [6.07, 6.45) is 6.73. The van der Waals surface area contributed by atoms with Crippen LogP contribution in [0.25, 0.3) is 5.69 Å². The maximum absolute atomic E-state index is 13.0. The lowest BCUT2D eigenvalue weighted by Crippen LogP contribution is -2.39. The molecule has 2 N–H and O–H groups in total. The number of aliphatic imine (C=N–C) groups is 1. The average Bonchev–Trinajstić information content (AvgIpc) is 3.33. The minimum atomic E-state index is -0.249. The zero-order chi connectivity index (χ0) is 18.2. The van der Waals surface area contributed by atoms with Gasteiger partial charge in [0.15, 0.2) is 5.96 Å². The molecule has 7 heteroatoms. The monoisotopic (exact) mass is 354 g/mol. The summed E-state index contributed by atoms with van der Waals surface area (Å²) in [5, 5.41) is 11.1. The Hall–Kier alpha value is -3.09. The number of halogens is 1. The Morgan fingerprint density at radius 2 is 1.77 bits per heavy atom. The van der Waals surface area contributed by atoms with Crippen molar-refractivity contribution < 1.29 is 4.39 Å². The van der Waals surface area contributed by atoms with Gasteiger partial charge >= 0.3 is 0 Å². The molecule has 136 valence electrons. The highest BCUT2D eigenvalue weighted by atomic mass is 19.1. The van der Waals surface area contributed by atoms with Crippen LogP contribution in [0.2, 0.25) is 0 Å². The second-order valence-corrected chi connectivity index (χ2v) is 5.82. The SMILES string of the molecule is CN=C(NCCc1ccn(-c2ccc(F)cc2)n1)NCCn1cccc1. The molecule has 0 spiro atoms. The number of nitrogens with one attached hydrogen (secondary N) is 2. The summed E-state index contributed by atoms with van der Waals surface area (Å²) in [7, 11) is 1.76. The van der Waals surface area contributed by atoms with E-state index >= 15 is 0 Å². The summed E-state index contributed by atoms with van der Waals surface area (Å²) in [6.45, 7) is 2.41. The van der Waals surface area contributed by atoms with Gasteiger partial charge in [-0.05, 0) is 42.5 Å². The van der Waals surface area contributed by atoms with Crippen LogP contribution in [0.1, 0.15) is 5.69 Å². The number of nitrogens with zero attached hydrogens (tertiary/aromatic N) is 4. The number of hydrogen-bond donors (Lipinski definition) is 2. The third kappa shape index (κ3) is 4.95. The molecule has 2 aromatic heterocycles. The Labute approximate surface area is 152 Å². The molecule has 0 amide bonds. The first kappa shape index (κ1) is 17.7. The van der Waals surface area contributed by atoms with Gasteiger partial charge in [0.2, 0.25) is 0 Å². The molecule has 0 fully saturated rings. The van der Waals surface area contributed by atoms with Crippen LogP contribution in [0, 0.1) is 5.82 Å². The van der Waals surface area contributed by atoms with Crippen molar-refractivity contribution in [2.24, 2.45) is 4.99 Å². The standard InChI is InChI=1S/C19H23FN6/c1-21-19(23-11-15-25-12-2-3-13-25)22-10-8-17-9-14-26(24-17)18-6-4-16(20)5-7-18/h2-7,9,12-14H,8,10-11,15H2,1H3,(H2,21,22,23). The summed E-state index contributed by atoms with van der Waals surface area (Å²) in [5.41, 5.74) is 1.80. The first-order chi connectivity index (χ1) is 12.7. The number of benzene rings is 1. The van der Waals surface area contributed by atoms with E-state index in [9.17, 15) is 4.39 Å². The molecule has 26 heavy (non-hydrogen) atoms. The van der Waals surface area contributed by atoms with Gasteiger partial charge in [0, 0.05) is 51.7 Å². The molecular formula is C19H23FN6. The summed E-state index contributed by atoms with van der Waals surface area (Å²) in [4.78, 5) is 4.22. The Morgan fingerprint density at radius 3 is 2.50 bits per heavy atom. The molecule has 0 atom stereocenters. The second-order valence-electron chi connectivity index (χ2n) is 5.82. The highest BCUT2D eigenvalue weighted by Gasteiger charge is 2.03. The van der Waals surface area contributed by atoms with E-state index in [4.69, 9.17) is 0 Å². The lowest BCUT2D eigenvalue weighted by Gasteiger charge is -2.11. The summed E-state index contributed by atoms with van der Waals surface area (Å²) in [6, 6.07) is 12.3. The van der Waals surface area contributed by atoms with Crippen LogP contribution in [0.3, 0.4) is 0 Å². The molecule has 0 radical (unpaired) electrons. The molecular weight excluding hydrogens is 331 g/mol. The van der Waals surface area contributed by atoms with Crippen molar-refractivity contribution >= 4 is 5.96 Å². The maximum Gasteiger partial charge on any atom is 0.191 e. The predicted octanol–water partition coefficient (Wildman–Crippen LogP) is 2.22. The van der Waals surface area contributed by atoms with Crippen molar-refractivity contribution in [1.29, 1.82) is 0 Å². The van der Waals surface area contributed by atoms with Crippen LogP contribution >= 0.6 is 0 Å².